The Morgan fingerprint density at radius 3 is 2.79 bits per heavy atom. The Morgan fingerprint density at radius 1 is 1.29 bits per heavy atom. The van der Waals surface area contributed by atoms with Crippen molar-refractivity contribution in [1.82, 2.24) is 0 Å². The number of carboxylic acid groups (broad SMARTS) is 1. The van der Waals surface area contributed by atoms with Crippen LogP contribution in [0.3, 0.4) is 0 Å². The van der Waals surface area contributed by atoms with Crippen LogP contribution >= 0.6 is 11.6 Å². The van der Waals surface area contributed by atoms with E-state index in [-0.39, 0.29) is 17.5 Å². The number of nitriles is 1. The van der Waals surface area contributed by atoms with Crippen LogP contribution in [0.4, 0.5) is 5.69 Å². The maximum absolute atomic E-state index is 11.3. The van der Waals surface area contributed by atoms with E-state index in [0.29, 0.717) is 28.9 Å². The first kappa shape index (κ1) is 17.1. The quantitative estimate of drug-likeness (QED) is 0.854. The van der Waals surface area contributed by atoms with E-state index in [2.05, 4.69) is 6.07 Å². The van der Waals surface area contributed by atoms with Crippen molar-refractivity contribution in [3.8, 4) is 11.8 Å². The highest BCUT2D eigenvalue weighted by atomic mass is 35.5. The van der Waals surface area contributed by atoms with Crippen molar-refractivity contribution in [3.05, 3.63) is 58.1 Å². The molecule has 2 aliphatic heterocycles. The van der Waals surface area contributed by atoms with Crippen LogP contribution in [-0.4, -0.2) is 29.4 Å². The van der Waals surface area contributed by atoms with Crippen molar-refractivity contribution < 1.29 is 14.6 Å². The number of anilines is 1. The number of rotatable bonds is 3. The van der Waals surface area contributed by atoms with Gasteiger partial charge in [0, 0.05) is 5.56 Å². The Kier molecular flexibility index (Phi) is 3.81. The van der Waals surface area contributed by atoms with Crippen LogP contribution in [-0.2, 0) is 0 Å². The Labute approximate surface area is 166 Å². The van der Waals surface area contributed by atoms with Crippen LogP contribution in [0.5, 0.6) is 5.75 Å². The molecule has 6 nitrogen and oxygen atoms in total. The highest BCUT2D eigenvalue weighted by Gasteiger charge is 2.49. The summed E-state index contributed by atoms with van der Waals surface area (Å²) in [6, 6.07) is 12.6. The third-order valence-electron chi connectivity index (χ3n) is 5.63. The van der Waals surface area contributed by atoms with Crippen molar-refractivity contribution in [2.75, 3.05) is 11.6 Å². The molecule has 2 aromatic carbocycles. The van der Waals surface area contributed by atoms with E-state index in [1.54, 1.807) is 30.3 Å². The molecule has 2 heterocycles. The molecule has 2 unspecified atom stereocenters. The van der Waals surface area contributed by atoms with Gasteiger partial charge in [0.15, 0.2) is 0 Å². The summed E-state index contributed by atoms with van der Waals surface area (Å²) >= 11 is 6.25. The van der Waals surface area contributed by atoms with E-state index in [4.69, 9.17) is 26.7 Å². The molecule has 28 heavy (non-hydrogen) atoms. The number of nitrogens with zero attached hydrogens (tertiary/aromatic N) is 3. The van der Waals surface area contributed by atoms with Gasteiger partial charge in [-0.1, -0.05) is 11.6 Å². The minimum absolute atomic E-state index is 0.116. The van der Waals surface area contributed by atoms with E-state index in [1.165, 1.54) is 0 Å². The van der Waals surface area contributed by atoms with Gasteiger partial charge >= 0.3 is 5.97 Å². The molecule has 0 bridgehead atoms. The van der Waals surface area contributed by atoms with Crippen LogP contribution in [0.15, 0.2) is 41.5 Å². The van der Waals surface area contributed by atoms with Gasteiger partial charge in [0.2, 0.25) is 0 Å². The molecule has 140 valence electrons. The molecule has 1 saturated carbocycles. The lowest BCUT2D eigenvalue weighted by Crippen LogP contribution is -2.40. The second-order valence-electron chi connectivity index (χ2n) is 7.37. The number of aromatic carboxylic acids is 1. The smallest absolute Gasteiger partial charge is 0.335 e. The molecule has 0 spiro atoms. The monoisotopic (exact) mass is 393 g/mol. The van der Waals surface area contributed by atoms with Crippen LogP contribution in [0.25, 0.3) is 0 Å². The normalized spacial score (nSPS) is 22.6. The molecule has 0 amide bonds. The molecule has 1 fully saturated rings. The number of benzene rings is 2. The SMILES string of the molecule is N#Cc1ccc(N2N=C3c4ccc(C(=O)O)cc4OCC3C2C2CC2)cc1Cl. The third-order valence-corrected chi connectivity index (χ3v) is 5.94. The van der Waals surface area contributed by atoms with Crippen molar-refractivity contribution in [1.29, 1.82) is 5.26 Å². The van der Waals surface area contributed by atoms with E-state index in [9.17, 15) is 9.90 Å². The number of carboxylic acids is 1. The highest BCUT2D eigenvalue weighted by Crippen LogP contribution is 2.47. The summed E-state index contributed by atoms with van der Waals surface area (Å²) in [6.45, 7) is 0.469. The molecule has 0 aromatic heterocycles. The number of hydrogen-bond acceptors (Lipinski definition) is 5. The molecule has 0 saturated heterocycles. The molecule has 3 aliphatic rings. The summed E-state index contributed by atoms with van der Waals surface area (Å²) < 4.78 is 5.94. The summed E-state index contributed by atoms with van der Waals surface area (Å²) in [5, 5.41) is 25.7. The van der Waals surface area contributed by atoms with Crippen LogP contribution < -0.4 is 9.75 Å². The predicted molar refractivity (Wildman–Crippen MR) is 104 cm³/mol. The van der Waals surface area contributed by atoms with Crippen molar-refractivity contribution in [2.45, 2.75) is 18.9 Å². The lowest BCUT2D eigenvalue weighted by molar-refractivity contribution is 0.0696. The number of carbonyl (C=O) groups is 1. The van der Waals surface area contributed by atoms with Crippen LogP contribution in [0, 0.1) is 23.2 Å². The van der Waals surface area contributed by atoms with Gasteiger partial charge in [0.25, 0.3) is 0 Å². The van der Waals surface area contributed by atoms with Gasteiger partial charge in [-0.25, -0.2) is 4.79 Å². The lowest BCUT2D eigenvalue weighted by atomic mass is 9.86. The summed E-state index contributed by atoms with van der Waals surface area (Å²) in [7, 11) is 0. The minimum atomic E-state index is -0.980. The summed E-state index contributed by atoms with van der Waals surface area (Å²) in [5.41, 5.74) is 3.26. The lowest BCUT2D eigenvalue weighted by Gasteiger charge is -2.30. The van der Waals surface area contributed by atoms with Gasteiger partial charge in [-0.15, -0.1) is 0 Å². The molecule has 1 aliphatic carbocycles. The van der Waals surface area contributed by atoms with E-state index in [1.807, 2.05) is 11.1 Å². The Morgan fingerprint density at radius 2 is 2.11 bits per heavy atom. The first-order chi connectivity index (χ1) is 13.6. The fourth-order valence-electron chi connectivity index (χ4n) is 4.12. The number of halogens is 1. The highest BCUT2D eigenvalue weighted by molar-refractivity contribution is 6.32. The predicted octanol–water partition coefficient (Wildman–Crippen LogP) is 3.92. The standard InChI is InChI=1S/C21H16ClN3O3/c22-17-8-14(5-3-13(17)9-23)25-20(11-1-2-11)16-10-28-18-7-12(21(26)27)4-6-15(18)19(16)24-25/h3-8,11,16,20H,1-2,10H2,(H,26,27). The fraction of sp³-hybridized carbons (Fsp3) is 0.286. The van der Waals surface area contributed by atoms with Gasteiger partial charge in [0.1, 0.15) is 11.8 Å². The van der Waals surface area contributed by atoms with Crippen LogP contribution in [0.1, 0.15) is 34.3 Å². The largest absolute Gasteiger partial charge is 0.492 e. The van der Waals surface area contributed by atoms with E-state index >= 15 is 0 Å². The Hall–Kier alpha value is -3.04. The van der Waals surface area contributed by atoms with E-state index in [0.717, 1.165) is 29.8 Å². The molecular weight excluding hydrogens is 378 g/mol. The van der Waals surface area contributed by atoms with Crippen LogP contribution in [0.2, 0.25) is 5.02 Å². The molecule has 2 atom stereocenters. The average Bonchev–Trinajstić information content (AvgIpc) is 3.46. The second-order valence-corrected chi connectivity index (χ2v) is 7.77. The van der Waals surface area contributed by atoms with E-state index < -0.39 is 5.97 Å². The Balaban J connectivity index is 1.58. The van der Waals surface area contributed by atoms with Gasteiger partial charge < -0.3 is 9.84 Å². The fourth-order valence-corrected chi connectivity index (χ4v) is 4.34. The molecular formula is C21H16ClN3O3. The first-order valence-electron chi connectivity index (χ1n) is 9.14. The van der Waals surface area contributed by atoms with Crippen molar-refractivity contribution in [2.24, 2.45) is 16.9 Å². The first-order valence-corrected chi connectivity index (χ1v) is 9.52. The third kappa shape index (κ3) is 2.62. The maximum Gasteiger partial charge on any atom is 0.335 e. The number of fused-ring (bicyclic) bond motifs is 3. The number of hydrazone groups is 1. The maximum atomic E-state index is 11.3. The molecule has 5 rings (SSSR count). The minimum Gasteiger partial charge on any atom is -0.492 e. The van der Waals surface area contributed by atoms with Gasteiger partial charge in [-0.05, 0) is 55.2 Å². The zero-order chi connectivity index (χ0) is 19.4. The zero-order valence-corrected chi connectivity index (χ0v) is 15.6. The van der Waals surface area contributed by atoms with Gasteiger partial charge in [0.05, 0.1) is 46.1 Å². The summed E-state index contributed by atoms with van der Waals surface area (Å²) in [4.78, 5) is 11.3. The summed E-state index contributed by atoms with van der Waals surface area (Å²) in [5.74, 6) is 0.227. The van der Waals surface area contributed by atoms with Gasteiger partial charge in [-0.3, -0.25) is 5.01 Å². The topological polar surface area (TPSA) is 85.9 Å². The van der Waals surface area contributed by atoms with Crippen molar-refractivity contribution >= 4 is 29.0 Å². The molecule has 1 N–H and O–H groups in total. The number of hydrogen-bond donors (Lipinski definition) is 1. The number of ether oxygens (including phenoxy) is 1. The van der Waals surface area contributed by atoms with Crippen molar-refractivity contribution in [3.63, 3.8) is 0 Å². The zero-order valence-electron chi connectivity index (χ0n) is 14.8. The molecule has 2 aromatic rings. The van der Waals surface area contributed by atoms with Gasteiger partial charge in [-0.2, -0.15) is 10.4 Å². The molecule has 0 radical (unpaired) electrons. The molecule has 7 heteroatoms. The second kappa shape index (κ2) is 6.25. The summed E-state index contributed by atoms with van der Waals surface area (Å²) in [6.07, 6.45) is 2.30. The Bertz CT molecular complexity index is 1070. The average molecular weight is 394 g/mol.